The molecule has 112 valence electrons. The van der Waals surface area contributed by atoms with Gasteiger partial charge in [0.05, 0.1) is 6.42 Å². The summed E-state index contributed by atoms with van der Waals surface area (Å²) in [5, 5.41) is 3.31. The average molecular weight is 284 g/mol. The number of nitrogens with one attached hydrogen (secondary N) is 1. The van der Waals surface area contributed by atoms with E-state index >= 15 is 0 Å². The number of fused-ring (bicyclic) bond motifs is 4. The first-order chi connectivity index (χ1) is 10.3. The summed E-state index contributed by atoms with van der Waals surface area (Å²) in [5.41, 5.74) is 4.16. The quantitative estimate of drug-likeness (QED) is 0.920. The SMILES string of the molecule is O=C(Cc1cccc2c1CCC2)N[C@H]1CN2CCC1CC2. The second-order valence-electron chi connectivity index (χ2n) is 6.90. The van der Waals surface area contributed by atoms with Crippen LogP contribution in [0.15, 0.2) is 18.2 Å². The van der Waals surface area contributed by atoms with Gasteiger partial charge in [-0.15, -0.1) is 0 Å². The molecule has 0 aromatic heterocycles. The number of carbonyl (C=O) groups excluding carboxylic acids is 1. The lowest BCUT2D eigenvalue weighted by Gasteiger charge is -2.45. The summed E-state index contributed by atoms with van der Waals surface area (Å²) in [6.45, 7) is 3.51. The van der Waals surface area contributed by atoms with Crippen LogP contribution in [0.3, 0.4) is 0 Å². The van der Waals surface area contributed by atoms with Gasteiger partial charge in [-0.25, -0.2) is 0 Å². The van der Waals surface area contributed by atoms with Gasteiger partial charge in [-0.1, -0.05) is 18.2 Å². The first kappa shape index (κ1) is 13.3. The molecule has 1 aliphatic carbocycles. The van der Waals surface area contributed by atoms with E-state index in [9.17, 15) is 4.79 Å². The molecule has 0 radical (unpaired) electrons. The molecule has 3 heteroatoms. The molecule has 3 aliphatic heterocycles. The smallest absolute Gasteiger partial charge is 0.224 e. The lowest BCUT2D eigenvalue weighted by atomic mass is 9.84. The molecule has 1 amide bonds. The van der Waals surface area contributed by atoms with Gasteiger partial charge in [-0.2, -0.15) is 0 Å². The fourth-order valence-electron chi connectivity index (χ4n) is 4.42. The van der Waals surface area contributed by atoms with Gasteiger partial charge in [0.1, 0.15) is 0 Å². The summed E-state index contributed by atoms with van der Waals surface area (Å²) in [5.74, 6) is 0.925. The summed E-state index contributed by atoms with van der Waals surface area (Å²) < 4.78 is 0. The van der Waals surface area contributed by atoms with E-state index in [-0.39, 0.29) is 5.91 Å². The third-order valence-electron chi connectivity index (χ3n) is 5.60. The second kappa shape index (κ2) is 5.45. The topological polar surface area (TPSA) is 32.3 Å². The van der Waals surface area contributed by atoms with Crippen LogP contribution in [-0.2, 0) is 24.1 Å². The predicted molar refractivity (Wildman–Crippen MR) is 83.3 cm³/mol. The van der Waals surface area contributed by atoms with Gasteiger partial charge in [0.15, 0.2) is 0 Å². The first-order valence-corrected chi connectivity index (χ1v) is 8.41. The van der Waals surface area contributed by atoms with Gasteiger partial charge in [0.2, 0.25) is 5.91 Å². The zero-order valence-electron chi connectivity index (χ0n) is 12.6. The normalized spacial score (nSPS) is 30.2. The van der Waals surface area contributed by atoms with E-state index in [4.69, 9.17) is 0 Å². The molecule has 5 rings (SSSR count). The van der Waals surface area contributed by atoms with Crippen molar-refractivity contribution < 1.29 is 4.79 Å². The van der Waals surface area contributed by atoms with Crippen LogP contribution in [0.5, 0.6) is 0 Å². The Hall–Kier alpha value is -1.35. The number of piperidine rings is 3. The Bertz CT molecular complexity index is 546. The first-order valence-electron chi connectivity index (χ1n) is 8.41. The minimum absolute atomic E-state index is 0.217. The maximum absolute atomic E-state index is 12.4. The van der Waals surface area contributed by atoms with Crippen molar-refractivity contribution in [3.8, 4) is 0 Å². The molecule has 0 spiro atoms. The Morgan fingerprint density at radius 1 is 1.24 bits per heavy atom. The van der Waals surface area contributed by atoms with E-state index in [2.05, 4.69) is 28.4 Å². The third kappa shape index (κ3) is 2.59. The summed E-state index contributed by atoms with van der Waals surface area (Å²) in [7, 11) is 0. The fraction of sp³-hybridized carbons (Fsp3) is 0.611. The number of aryl methyl sites for hydroxylation is 1. The number of hydrogen-bond donors (Lipinski definition) is 1. The zero-order chi connectivity index (χ0) is 14.2. The number of hydrogen-bond acceptors (Lipinski definition) is 2. The lowest BCUT2D eigenvalue weighted by Crippen LogP contribution is -2.57. The van der Waals surface area contributed by atoms with E-state index in [1.165, 1.54) is 55.5 Å². The lowest BCUT2D eigenvalue weighted by molar-refractivity contribution is -0.122. The van der Waals surface area contributed by atoms with Gasteiger partial charge in [0.25, 0.3) is 0 Å². The van der Waals surface area contributed by atoms with Crippen LogP contribution in [0.1, 0.15) is 36.0 Å². The van der Waals surface area contributed by atoms with Gasteiger partial charge in [0, 0.05) is 12.6 Å². The minimum atomic E-state index is 0.217. The highest BCUT2D eigenvalue weighted by molar-refractivity contribution is 5.79. The molecule has 1 aromatic rings. The van der Waals surface area contributed by atoms with Crippen molar-refractivity contribution in [2.75, 3.05) is 19.6 Å². The number of rotatable bonds is 3. The van der Waals surface area contributed by atoms with Gasteiger partial charge in [-0.3, -0.25) is 4.79 Å². The summed E-state index contributed by atoms with van der Waals surface area (Å²) >= 11 is 0. The Morgan fingerprint density at radius 2 is 2.10 bits per heavy atom. The number of benzene rings is 1. The van der Waals surface area contributed by atoms with E-state index in [0.717, 1.165) is 13.0 Å². The molecule has 0 saturated carbocycles. The Kier molecular flexibility index (Phi) is 3.46. The fourth-order valence-corrected chi connectivity index (χ4v) is 4.42. The molecule has 1 aromatic carbocycles. The summed E-state index contributed by atoms with van der Waals surface area (Å²) in [6, 6.07) is 6.86. The maximum atomic E-state index is 12.4. The largest absolute Gasteiger partial charge is 0.352 e. The van der Waals surface area contributed by atoms with Gasteiger partial charge in [-0.05, 0) is 67.8 Å². The molecule has 3 nitrogen and oxygen atoms in total. The van der Waals surface area contributed by atoms with Crippen molar-refractivity contribution in [3.63, 3.8) is 0 Å². The summed E-state index contributed by atoms with van der Waals surface area (Å²) in [4.78, 5) is 14.9. The molecule has 1 N–H and O–H groups in total. The number of carbonyl (C=O) groups is 1. The second-order valence-corrected chi connectivity index (χ2v) is 6.90. The van der Waals surface area contributed by atoms with Crippen molar-refractivity contribution >= 4 is 5.91 Å². The Labute approximate surface area is 126 Å². The molecular formula is C18H24N2O. The van der Waals surface area contributed by atoms with Crippen molar-refractivity contribution in [3.05, 3.63) is 34.9 Å². The molecule has 4 aliphatic rings. The van der Waals surface area contributed by atoms with Crippen molar-refractivity contribution in [2.24, 2.45) is 5.92 Å². The molecule has 1 atom stereocenters. The number of nitrogens with zero attached hydrogens (tertiary/aromatic N) is 1. The van der Waals surface area contributed by atoms with E-state index in [0.29, 0.717) is 18.4 Å². The van der Waals surface area contributed by atoms with Crippen LogP contribution < -0.4 is 5.32 Å². The summed E-state index contributed by atoms with van der Waals surface area (Å²) in [6.07, 6.45) is 6.65. The monoisotopic (exact) mass is 284 g/mol. The highest BCUT2D eigenvalue weighted by Gasteiger charge is 2.34. The standard InChI is InChI=1S/C18H24N2O/c21-18(19-17-12-20-9-7-14(17)8-10-20)11-15-5-1-3-13-4-2-6-16(13)15/h1,3,5,14,17H,2,4,6-12H2,(H,19,21)/t17-/m0/s1. The Morgan fingerprint density at radius 3 is 2.86 bits per heavy atom. The van der Waals surface area contributed by atoms with Crippen LogP contribution >= 0.6 is 0 Å². The van der Waals surface area contributed by atoms with E-state index in [1.54, 1.807) is 0 Å². The van der Waals surface area contributed by atoms with E-state index in [1.807, 2.05) is 0 Å². The molecule has 0 unspecified atom stereocenters. The van der Waals surface area contributed by atoms with Crippen LogP contribution in [0.4, 0.5) is 0 Å². The van der Waals surface area contributed by atoms with Crippen LogP contribution in [0.2, 0.25) is 0 Å². The Balaban J connectivity index is 1.41. The third-order valence-corrected chi connectivity index (χ3v) is 5.60. The molecule has 2 bridgehead atoms. The van der Waals surface area contributed by atoms with Gasteiger partial charge >= 0.3 is 0 Å². The van der Waals surface area contributed by atoms with Crippen molar-refractivity contribution in [1.29, 1.82) is 0 Å². The van der Waals surface area contributed by atoms with Crippen LogP contribution in [0, 0.1) is 5.92 Å². The van der Waals surface area contributed by atoms with Crippen molar-refractivity contribution in [1.82, 2.24) is 10.2 Å². The number of amides is 1. The highest BCUT2D eigenvalue weighted by atomic mass is 16.1. The van der Waals surface area contributed by atoms with Crippen molar-refractivity contribution in [2.45, 2.75) is 44.6 Å². The average Bonchev–Trinajstić information content (AvgIpc) is 2.98. The van der Waals surface area contributed by atoms with Crippen LogP contribution in [0.25, 0.3) is 0 Å². The zero-order valence-corrected chi connectivity index (χ0v) is 12.6. The molecule has 3 fully saturated rings. The predicted octanol–water partition coefficient (Wildman–Crippen LogP) is 1.93. The minimum Gasteiger partial charge on any atom is -0.352 e. The van der Waals surface area contributed by atoms with Crippen LogP contribution in [-0.4, -0.2) is 36.5 Å². The van der Waals surface area contributed by atoms with E-state index < -0.39 is 0 Å². The molecule has 3 heterocycles. The molecule has 21 heavy (non-hydrogen) atoms. The maximum Gasteiger partial charge on any atom is 0.224 e. The molecule has 3 saturated heterocycles. The highest BCUT2D eigenvalue weighted by Crippen LogP contribution is 2.28. The molecular weight excluding hydrogens is 260 g/mol. The van der Waals surface area contributed by atoms with Gasteiger partial charge < -0.3 is 10.2 Å².